The van der Waals surface area contributed by atoms with Gasteiger partial charge in [-0.3, -0.25) is 5.32 Å². The zero-order valence-corrected chi connectivity index (χ0v) is 15.5. The number of ether oxygens (including phenoxy) is 2. The van der Waals surface area contributed by atoms with Crippen LogP contribution in [0.3, 0.4) is 0 Å². The summed E-state index contributed by atoms with van der Waals surface area (Å²) in [5.41, 5.74) is 0.602. The van der Waals surface area contributed by atoms with Gasteiger partial charge in [0.1, 0.15) is 17.8 Å². The molecule has 2 amide bonds. The minimum absolute atomic E-state index is 0.0711. The lowest BCUT2D eigenvalue weighted by Crippen LogP contribution is -2.21. The van der Waals surface area contributed by atoms with Crippen LogP contribution < -0.4 is 20.1 Å². The Balaban J connectivity index is 1.42. The quantitative estimate of drug-likeness (QED) is 0.524. The SMILES string of the molecule is COc1ccc(NC(=O)Nc2ncnc(Oc3ccc4ccccc4c3)n2)cc1. The number of carbonyl (C=O) groups is 1. The van der Waals surface area contributed by atoms with Crippen LogP contribution in [0.1, 0.15) is 0 Å². The topological polar surface area (TPSA) is 98.3 Å². The monoisotopic (exact) mass is 387 g/mol. The number of nitrogens with one attached hydrogen (secondary N) is 2. The Hall–Kier alpha value is -4.20. The number of anilines is 2. The number of aromatic nitrogens is 3. The normalized spacial score (nSPS) is 10.4. The number of rotatable bonds is 5. The van der Waals surface area contributed by atoms with Crippen molar-refractivity contribution in [1.29, 1.82) is 0 Å². The maximum atomic E-state index is 12.2. The van der Waals surface area contributed by atoms with Crippen LogP contribution in [-0.4, -0.2) is 28.1 Å². The van der Waals surface area contributed by atoms with E-state index in [9.17, 15) is 4.79 Å². The Labute approximate surface area is 166 Å². The largest absolute Gasteiger partial charge is 0.497 e. The molecule has 4 aromatic rings. The summed E-state index contributed by atoms with van der Waals surface area (Å²) in [4.78, 5) is 24.2. The maximum Gasteiger partial charge on any atom is 0.326 e. The van der Waals surface area contributed by atoms with Crippen LogP contribution >= 0.6 is 0 Å². The van der Waals surface area contributed by atoms with Crippen LogP contribution in [0.5, 0.6) is 17.5 Å². The van der Waals surface area contributed by atoms with Gasteiger partial charge in [0.25, 0.3) is 0 Å². The van der Waals surface area contributed by atoms with Crippen molar-refractivity contribution in [2.24, 2.45) is 0 Å². The third kappa shape index (κ3) is 4.56. The van der Waals surface area contributed by atoms with Crippen molar-refractivity contribution in [3.63, 3.8) is 0 Å². The molecule has 0 unspecified atom stereocenters. The zero-order valence-electron chi connectivity index (χ0n) is 15.5. The van der Waals surface area contributed by atoms with Crippen molar-refractivity contribution in [2.75, 3.05) is 17.7 Å². The molecule has 0 saturated heterocycles. The Morgan fingerprint density at radius 1 is 0.862 bits per heavy atom. The first-order valence-corrected chi connectivity index (χ1v) is 8.77. The molecule has 0 aliphatic heterocycles. The molecule has 1 heterocycles. The molecule has 8 nitrogen and oxygen atoms in total. The van der Waals surface area contributed by atoms with Crippen molar-refractivity contribution in [3.05, 3.63) is 73.1 Å². The van der Waals surface area contributed by atoms with E-state index in [0.29, 0.717) is 17.2 Å². The number of urea groups is 1. The number of methoxy groups -OCH3 is 1. The summed E-state index contributed by atoms with van der Waals surface area (Å²) in [7, 11) is 1.58. The Kier molecular flexibility index (Phi) is 5.15. The highest BCUT2D eigenvalue weighted by molar-refractivity contribution is 5.98. The summed E-state index contributed by atoms with van der Waals surface area (Å²) in [6.07, 6.45) is 1.27. The Morgan fingerprint density at radius 2 is 1.62 bits per heavy atom. The van der Waals surface area contributed by atoms with Crippen LogP contribution in [0.2, 0.25) is 0 Å². The number of hydrogen-bond donors (Lipinski definition) is 2. The van der Waals surface area contributed by atoms with Crippen LogP contribution in [0.15, 0.2) is 73.1 Å². The van der Waals surface area contributed by atoms with Gasteiger partial charge in [-0.1, -0.05) is 30.3 Å². The Morgan fingerprint density at radius 3 is 2.41 bits per heavy atom. The second-order valence-corrected chi connectivity index (χ2v) is 6.01. The van der Waals surface area contributed by atoms with E-state index in [0.717, 1.165) is 10.8 Å². The van der Waals surface area contributed by atoms with E-state index in [1.54, 1.807) is 31.4 Å². The number of amides is 2. The average Bonchev–Trinajstić information content (AvgIpc) is 2.74. The third-order valence-corrected chi connectivity index (χ3v) is 4.05. The molecule has 0 aliphatic carbocycles. The van der Waals surface area contributed by atoms with E-state index in [-0.39, 0.29) is 12.0 Å². The highest BCUT2D eigenvalue weighted by atomic mass is 16.5. The summed E-state index contributed by atoms with van der Waals surface area (Å²) in [5.74, 6) is 1.36. The van der Waals surface area contributed by atoms with E-state index in [1.165, 1.54) is 6.33 Å². The fraction of sp³-hybridized carbons (Fsp3) is 0.0476. The molecule has 0 bridgehead atoms. The van der Waals surface area contributed by atoms with Gasteiger partial charge in [-0.2, -0.15) is 9.97 Å². The third-order valence-electron chi connectivity index (χ3n) is 4.05. The first kappa shape index (κ1) is 18.2. The van der Waals surface area contributed by atoms with Crippen LogP contribution in [-0.2, 0) is 0 Å². The van der Waals surface area contributed by atoms with E-state index < -0.39 is 6.03 Å². The van der Waals surface area contributed by atoms with Gasteiger partial charge in [-0.15, -0.1) is 0 Å². The molecular formula is C21H17N5O3. The molecule has 0 spiro atoms. The fourth-order valence-corrected chi connectivity index (χ4v) is 2.67. The summed E-state index contributed by atoms with van der Waals surface area (Å²) in [5, 5.41) is 7.38. The van der Waals surface area contributed by atoms with Gasteiger partial charge in [0.2, 0.25) is 5.95 Å². The van der Waals surface area contributed by atoms with Crippen LogP contribution in [0, 0.1) is 0 Å². The molecule has 8 heteroatoms. The van der Waals surface area contributed by atoms with E-state index >= 15 is 0 Å². The van der Waals surface area contributed by atoms with Gasteiger partial charge < -0.3 is 14.8 Å². The highest BCUT2D eigenvalue weighted by Crippen LogP contribution is 2.24. The highest BCUT2D eigenvalue weighted by Gasteiger charge is 2.08. The van der Waals surface area contributed by atoms with Crippen molar-refractivity contribution in [3.8, 4) is 17.5 Å². The van der Waals surface area contributed by atoms with E-state index in [1.807, 2.05) is 42.5 Å². The molecule has 0 fully saturated rings. The minimum atomic E-state index is -0.488. The molecule has 0 aliphatic rings. The standard InChI is InChI=1S/C21H17N5O3/c1-28-17-10-7-16(8-11-17)24-20(27)25-19-22-13-23-21(26-19)29-18-9-6-14-4-2-3-5-15(14)12-18/h2-13H,1H3,(H2,22,23,24,25,26,27). The number of carbonyl (C=O) groups excluding carboxylic acids is 1. The first-order chi connectivity index (χ1) is 14.2. The summed E-state index contributed by atoms with van der Waals surface area (Å²) in [6, 6.07) is 20.1. The van der Waals surface area contributed by atoms with Crippen LogP contribution in [0.25, 0.3) is 10.8 Å². The summed E-state index contributed by atoms with van der Waals surface area (Å²) < 4.78 is 10.8. The molecule has 0 radical (unpaired) electrons. The minimum Gasteiger partial charge on any atom is -0.497 e. The Bertz CT molecular complexity index is 1150. The smallest absolute Gasteiger partial charge is 0.326 e. The molecule has 0 atom stereocenters. The van der Waals surface area contributed by atoms with Gasteiger partial charge in [0.05, 0.1) is 7.11 Å². The molecular weight excluding hydrogens is 370 g/mol. The molecule has 2 N–H and O–H groups in total. The number of hydrogen-bond acceptors (Lipinski definition) is 6. The first-order valence-electron chi connectivity index (χ1n) is 8.77. The fourth-order valence-electron chi connectivity index (χ4n) is 2.67. The number of nitrogens with zero attached hydrogens (tertiary/aromatic N) is 3. The van der Waals surface area contributed by atoms with Crippen LogP contribution in [0.4, 0.5) is 16.4 Å². The summed E-state index contributed by atoms with van der Waals surface area (Å²) >= 11 is 0. The number of benzene rings is 3. The average molecular weight is 387 g/mol. The number of fused-ring (bicyclic) bond motifs is 1. The molecule has 144 valence electrons. The lowest BCUT2D eigenvalue weighted by atomic mass is 10.1. The van der Waals surface area contributed by atoms with Crippen molar-refractivity contribution >= 4 is 28.4 Å². The predicted octanol–water partition coefficient (Wildman–Crippen LogP) is 4.47. The van der Waals surface area contributed by atoms with E-state index in [2.05, 4.69) is 25.6 Å². The van der Waals surface area contributed by atoms with Crippen molar-refractivity contribution in [2.45, 2.75) is 0 Å². The van der Waals surface area contributed by atoms with E-state index in [4.69, 9.17) is 9.47 Å². The molecule has 0 saturated carbocycles. The second kappa shape index (κ2) is 8.22. The van der Waals surface area contributed by atoms with Gasteiger partial charge in [0.15, 0.2) is 0 Å². The van der Waals surface area contributed by atoms with Gasteiger partial charge in [-0.05, 0) is 47.2 Å². The lowest BCUT2D eigenvalue weighted by Gasteiger charge is -2.08. The molecule has 4 rings (SSSR count). The van der Waals surface area contributed by atoms with Gasteiger partial charge in [-0.25, -0.2) is 9.78 Å². The molecule has 3 aromatic carbocycles. The second-order valence-electron chi connectivity index (χ2n) is 6.01. The lowest BCUT2D eigenvalue weighted by molar-refractivity contribution is 0.262. The summed E-state index contributed by atoms with van der Waals surface area (Å²) in [6.45, 7) is 0. The maximum absolute atomic E-state index is 12.2. The zero-order chi connectivity index (χ0) is 20.1. The molecule has 1 aromatic heterocycles. The van der Waals surface area contributed by atoms with Gasteiger partial charge in [0, 0.05) is 5.69 Å². The van der Waals surface area contributed by atoms with Gasteiger partial charge >= 0.3 is 12.0 Å². The molecule has 29 heavy (non-hydrogen) atoms. The van der Waals surface area contributed by atoms with Crippen molar-refractivity contribution in [1.82, 2.24) is 15.0 Å². The predicted molar refractivity (Wildman–Crippen MR) is 109 cm³/mol. The van der Waals surface area contributed by atoms with Crippen molar-refractivity contribution < 1.29 is 14.3 Å².